The summed E-state index contributed by atoms with van der Waals surface area (Å²) in [7, 11) is 5.61. The molecule has 180 valence electrons. The predicted octanol–water partition coefficient (Wildman–Crippen LogP) is 3.85. The average molecular weight is 577 g/mol. The third kappa shape index (κ3) is 6.29. The van der Waals surface area contributed by atoms with Crippen molar-refractivity contribution in [3.63, 3.8) is 0 Å². The van der Waals surface area contributed by atoms with Crippen molar-refractivity contribution in [3.8, 4) is 5.69 Å². The summed E-state index contributed by atoms with van der Waals surface area (Å²) in [6, 6.07) is 7.39. The lowest BCUT2D eigenvalue weighted by molar-refractivity contribution is -0.113. The lowest BCUT2D eigenvalue weighted by atomic mass is 10.2. The van der Waals surface area contributed by atoms with E-state index in [0.717, 1.165) is 11.4 Å². The Hall–Kier alpha value is -3.06. The molecule has 34 heavy (non-hydrogen) atoms. The van der Waals surface area contributed by atoms with Gasteiger partial charge in [-0.3, -0.25) is 10.1 Å². The van der Waals surface area contributed by atoms with E-state index in [4.69, 9.17) is 4.74 Å². The van der Waals surface area contributed by atoms with E-state index in [1.54, 1.807) is 43.5 Å². The van der Waals surface area contributed by atoms with Crippen LogP contribution in [0.2, 0.25) is 0 Å². The first-order valence-corrected chi connectivity index (χ1v) is 11.6. The third-order valence-electron chi connectivity index (χ3n) is 4.58. The standard InChI is InChI=1S/C23H28IN7O3/c1-23(2,3)34-22(33)27-20-18-19(24)28-31(21(18)26-14-25-20)16-11-9-15(10-12-16)30(6)17(32)8-7-13-29(4)5/h7-12,14H,13H2,1-6H3,(H,25,26,27,33). The van der Waals surface area contributed by atoms with Gasteiger partial charge in [-0.25, -0.2) is 19.4 Å². The van der Waals surface area contributed by atoms with Gasteiger partial charge in [-0.1, -0.05) is 6.08 Å². The summed E-state index contributed by atoms with van der Waals surface area (Å²) >= 11 is 2.08. The number of aromatic nitrogens is 4. The second kappa shape index (κ2) is 10.5. The number of likely N-dealkylation sites (N-methyl/N-ethyl adjacent to an activating group) is 2. The van der Waals surface area contributed by atoms with Crippen molar-refractivity contribution in [2.75, 3.05) is 37.9 Å². The fourth-order valence-electron chi connectivity index (χ4n) is 3.01. The summed E-state index contributed by atoms with van der Waals surface area (Å²) in [4.78, 5) is 36.8. The summed E-state index contributed by atoms with van der Waals surface area (Å²) in [5.41, 5.74) is 1.40. The summed E-state index contributed by atoms with van der Waals surface area (Å²) in [6.45, 7) is 6.06. The highest BCUT2D eigenvalue weighted by atomic mass is 127. The van der Waals surface area contributed by atoms with Crippen LogP contribution in [0.5, 0.6) is 0 Å². The number of carbonyl (C=O) groups excluding carboxylic acids is 2. The van der Waals surface area contributed by atoms with Crippen LogP contribution in [-0.4, -0.2) is 69.9 Å². The number of benzene rings is 1. The van der Waals surface area contributed by atoms with Gasteiger partial charge in [0, 0.05) is 25.4 Å². The van der Waals surface area contributed by atoms with Crippen molar-refractivity contribution in [3.05, 3.63) is 46.4 Å². The molecule has 1 aromatic carbocycles. The monoisotopic (exact) mass is 577 g/mol. The van der Waals surface area contributed by atoms with Crippen molar-refractivity contribution < 1.29 is 14.3 Å². The number of anilines is 2. The molecule has 0 aliphatic heterocycles. The van der Waals surface area contributed by atoms with E-state index in [0.29, 0.717) is 27.1 Å². The van der Waals surface area contributed by atoms with Gasteiger partial charge in [0.1, 0.15) is 15.6 Å². The second-order valence-electron chi connectivity index (χ2n) is 8.83. The van der Waals surface area contributed by atoms with Gasteiger partial charge in [0.15, 0.2) is 11.5 Å². The molecule has 1 N–H and O–H groups in total. The number of carbonyl (C=O) groups is 2. The first-order valence-electron chi connectivity index (χ1n) is 10.5. The molecular formula is C23H28IN7O3. The molecular weight excluding hydrogens is 549 g/mol. The Morgan fingerprint density at radius 1 is 1.15 bits per heavy atom. The maximum Gasteiger partial charge on any atom is 0.413 e. The number of halogens is 1. The van der Waals surface area contributed by atoms with E-state index in [9.17, 15) is 9.59 Å². The van der Waals surface area contributed by atoms with Crippen LogP contribution in [0.1, 0.15) is 20.8 Å². The second-order valence-corrected chi connectivity index (χ2v) is 9.85. The van der Waals surface area contributed by atoms with Crippen LogP contribution in [0, 0.1) is 3.70 Å². The number of hydrogen-bond acceptors (Lipinski definition) is 7. The molecule has 10 nitrogen and oxygen atoms in total. The summed E-state index contributed by atoms with van der Waals surface area (Å²) in [5.74, 6) is 0.209. The largest absolute Gasteiger partial charge is 0.444 e. The van der Waals surface area contributed by atoms with Crippen molar-refractivity contribution in [1.29, 1.82) is 0 Å². The quantitative estimate of drug-likeness (QED) is 0.351. The molecule has 2 amide bonds. The molecule has 0 unspecified atom stereocenters. The highest BCUT2D eigenvalue weighted by Gasteiger charge is 2.21. The normalized spacial score (nSPS) is 11.9. The first kappa shape index (κ1) is 25.6. The SMILES string of the molecule is CN(C)CC=CC(=O)N(C)c1ccc(-n2nc(I)c3c(NC(=O)OC(C)(C)C)ncnc32)cc1. The van der Waals surface area contributed by atoms with Gasteiger partial charge < -0.3 is 14.5 Å². The molecule has 0 fully saturated rings. The lowest BCUT2D eigenvalue weighted by Gasteiger charge is -2.19. The fraction of sp³-hybridized carbons (Fsp3) is 0.348. The third-order valence-corrected chi connectivity index (χ3v) is 5.34. The van der Waals surface area contributed by atoms with E-state index in [1.807, 2.05) is 49.3 Å². The van der Waals surface area contributed by atoms with Crippen LogP contribution >= 0.6 is 22.6 Å². The number of hydrogen-bond donors (Lipinski definition) is 1. The van der Waals surface area contributed by atoms with E-state index in [1.165, 1.54) is 6.33 Å². The molecule has 2 aromatic heterocycles. The van der Waals surface area contributed by atoms with Crippen molar-refractivity contribution in [2.45, 2.75) is 26.4 Å². The average Bonchev–Trinajstić information content (AvgIpc) is 3.09. The number of nitrogens with one attached hydrogen (secondary N) is 1. The topological polar surface area (TPSA) is 105 Å². The van der Waals surface area contributed by atoms with Gasteiger partial charge >= 0.3 is 6.09 Å². The van der Waals surface area contributed by atoms with Gasteiger partial charge in [-0.2, -0.15) is 5.10 Å². The zero-order valence-electron chi connectivity index (χ0n) is 20.0. The van der Waals surface area contributed by atoms with Crippen LogP contribution < -0.4 is 10.2 Å². The molecule has 3 rings (SSSR count). The van der Waals surface area contributed by atoms with Gasteiger partial charge in [-0.05, 0) is 81.7 Å². The van der Waals surface area contributed by atoms with E-state index in [-0.39, 0.29) is 5.91 Å². The Morgan fingerprint density at radius 3 is 2.44 bits per heavy atom. The molecule has 0 atom stereocenters. The fourth-order valence-corrected chi connectivity index (χ4v) is 3.72. The molecule has 11 heteroatoms. The van der Waals surface area contributed by atoms with Crippen LogP contribution in [0.4, 0.5) is 16.3 Å². The van der Waals surface area contributed by atoms with Crippen LogP contribution in [0.3, 0.4) is 0 Å². The molecule has 0 aliphatic carbocycles. The van der Waals surface area contributed by atoms with Crippen molar-refractivity contribution in [2.24, 2.45) is 0 Å². The minimum Gasteiger partial charge on any atom is -0.444 e. The molecule has 0 saturated heterocycles. The number of ether oxygens (including phenoxy) is 1. The molecule has 0 spiro atoms. The smallest absolute Gasteiger partial charge is 0.413 e. The highest BCUT2D eigenvalue weighted by Crippen LogP contribution is 2.28. The summed E-state index contributed by atoms with van der Waals surface area (Å²) < 4.78 is 7.63. The minimum atomic E-state index is -0.633. The first-order chi connectivity index (χ1) is 16.0. The predicted molar refractivity (Wildman–Crippen MR) is 140 cm³/mol. The lowest BCUT2D eigenvalue weighted by Crippen LogP contribution is -2.27. The van der Waals surface area contributed by atoms with Gasteiger partial charge in [0.05, 0.1) is 11.1 Å². The zero-order chi connectivity index (χ0) is 25.0. The zero-order valence-corrected chi connectivity index (χ0v) is 22.2. The van der Waals surface area contributed by atoms with Crippen LogP contribution in [-0.2, 0) is 9.53 Å². The van der Waals surface area contributed by atoms with Crippen molar-refractivity contribution in [1.82, 2.24) is 24.6 Å². The van der Waals surface area contributed by atoms with E-state index < -0.39 is 11.7 Å². The van der Waals surface area contributed by atoms with Crippen LogP contribution in [0.25, 0.3) is 16.7 Å². The number of nitrogens with zero attached hydrogens (tertiary/aromatic N) is 6. The van der Waals surface area contributed by atoms with Gasteiger partial charge in [0.25, 0.3) is 0 Å². The number of amides is 2. The Kier molecular flexibility index (Phi) is 7.87. The van der Waals surface area contributed by atoms with E-state index >= 15 is 0 Å². The Labute approximate surface area is 212 Å². The van der Waals surface area contributed by atoms with Crippen LogP contribution in [0.15, 0.2) is 42.7 Å². The minimum absolute atomic E-state index is 0.112. The molecule has 2 heterocycles. The maximum atomic E-state index is 12.4. The Balaban J connectivity index is 1.85. The van der Waals surface area contributed by atoms with E-state index in [2.05, 4.69) is 43.0 Å². The van der Waals surface area contributed by atoms with Gasteiger partial charge in [-0.15, -0.1) is 0 Å². The van der Waals surface area contributed by atoms with Gasteiger partial charge in [0.2, 0.25) is 5.91 Å². The molecule has 0 aliphatic rings. The summed E-state index contributed by atoms with van der Waals surface area (Å²) in [5, 5.41) is 7.87. The molecule has 0 saturated carbocycles. The maximum absolute atomic E-state index is 12.4. The molecule has 0 bridgehead atoms. The molecule has 0 radical (unpaired) electrons. The number of rotatable bonds is 6. The molecule has 3 aromatic rings. The Bertz CT molecular complexity index is 1210. The summed E-state index contributed by atoms with van der Waals surface area (Å²) in [6.07, 6.45) is 4.15. The number of fused-ring (bicyclic) bond motifs is 1. The highest BCUT2D eigenvalue weighted by molar-refractivity contribution is 14.1. The van der Waals surface area contributed by atoms with Crippen molar-refractivity contribution >= 4 is 57.1 Å². The Morgan fingerprint density at radius 2 is 1.82 bits per heavy atom.